The molecule has 10 nitrogen and oxygen atoms in total. The summed E-state index contributed by atoms with van der Waals surface area (Å²) in [5, 5.41) is 10.9. The molecular weight excluding hydrogens is 635 g/mol. The lowest BCUT2D eigenvalue weighted by molar-refractivity contribution is -0.136. The van der Waals surface area contributed by atoms with Crippen molar-refractivity contribution >= 4 is 35.2 Å². The van der Waals surface area contributed by atoms with Crippen LogP contribution in [0.4, 0.5) is 4.39 Å². The molecule has 1 aliphatic carbocycles. The monoisotopic (exact) mass is 670 g/mol. The largest absolute Gasteiger partial charge is 0.493 e. The highest BCUT2D eigenvalue weighted by atomic mass is 35.5. The quantitative estimate of drug-likeness (QED) is 0.134. The molecule has 12 heteroatoms. The van der Waals surface area contributed by atoms with Gasteiger partial charge in [-0.05, 0) is 78.1 Å². The molecule has 6 rings (SSSR count). The third-order valence-corrected chi connectivity index (χ3v) is 9.45. The molecule has 1 saturated carbocycles. The number of tetrazole rings is 1. The van der Waals surface area contributed by atoms with E-state index in [1.165, 1.54) is 79.4 Å². The predicted molar refractivity (Wildman–Crippen MR) is 177 cm³/mol. The second-order valence-corrected chi connectivity index (χ2v) is 12.7. The van der Waals surface area contributed by atoms with Gasteiger partial charge in [0, 0.05) is 41.2 Å². The average Bonchev–Trinajstić information content (AvgIpc) is 3.64. The number of amides is 1. The number of aromatic nitrogens is 5. The van der Waals surface area contributed by atoms with Crippen molar-refractivity contribution in [2.75, 3.05) is 13.2 Å². The Kier molecular flexibility index (Phi) is 10.3. The minimum atomic E-state index is -0.940. The van der Waals surface area contributed by atoms with Crippen LogP contribution in [0.25, 0.3) is 11.8 Å². The summed E-state index contributed by atoms with van der Waals surface area (Å²) in [5.41, 5.74) is 2.82. The summed E-state index contributed by atoms with van der Waals surface area (Å²) in [5.74, 6) is -0.200. The number of fused-ring (bicyclic) bond motifs is 1. The number of halogens is 2. The summed E-state index contributed by atoms with van der Waals surface area (Å²) in [4.78, 5) is 45.6. The van der Waals surface area contributed by atoms with Crippen molar-refractivity contribution in [1.82, 2.24) is 30.1 Å². The van der Waals surface area contributed by atoms with E-state index in [0.717, 1.165) is 17.7 Å². The van der Waals surface area contributed by atoms with Crippen LogP contribution in [0, 0.1) is 11.7 Å². The van der Waals surface area contributed by atoms with Gasteiger partial charge >= 0.3 is 0 Å². The Morgan fingerprint density at radius 2 is 1.92 bits per heavy atom. The molecule has 0 unspecified atom stereocenters. The van der Waals surface area contributed by atoms with Crippen LogP contribution in [0.2, 0.25) is 5.02 Å². The molecule has 3 heterocycles. The molecule has 0 bridgehead atoms. The van der Waals surface area contributed by atoms with E-state index >= 15 is 4.39 Å². The van der Waals surface area contributed by atoms with E-state index in [2.05, 4.69) is 20.5 Å². The zero-order valence-electron chi connectivity index (χ0n) is 26.6. The smallest absolute Gasteiger partial charge is 0.247 e. The number of benzene rings is 2. The molecule has 1 atom stereocenters. The van der Waals surface area contributed by atoms with E-state index in [4.69, 9.17) is 16.3 Å². The first-order valence-electron chi connectivity index (χ1n) is 16.2. The highest BCUT2D eigenvalue weighted by molar-refractivity contribution is 6.31. The Labute approximate surface area is 283 Å². The van der Waals surface area contributed by atoms with Crippen LogP contribution in [0.3, 0.4) is 0 Å². The van der Waals surface area contributed by atoms with Crippen LogP contribution in [-0.2, 0) is 22.4 Å². The fraction of sp³-hybridized carbons (Fsp3) is 0.361. The van der Waals surface area contributed by atoms with Crippen molar-refractivity contribution in [3.63, 3.8) is 0 Å². The highest BCUT2D eigenvalue weighted by Crippen LogP contribution is 2.37. The maximum Gasteiger partial charge on any atom is 0.247 e. The normalized spacial score (nSPS) is 16.6. The molecule has 1 amide bonds. The molecule has 0 N–H and O–H groups in total. The molecule has 48 heavy (non-hydrogen) atoms. The Morgan fingerprint density at radius 3 is 2.65 bits per heavy atom. The number of rotatable bonds is 11. The number of carbonyl (C=O) groups excluding carboxylic acids is 3. The Hall–Kier alpha value is -4.77. The van der Waals surface area contributed by atoms with Gasteiger partial charge in [0.15, 0.2) is 17.4 Å². The fourth-order valence-electron chi connectivity index (χ4n) is 6.62. The number of hydrogen-bond acceptors (Lipinski definition) is 8. The van der Waals surface area contributed by atoms with E-state index < -0.39 is 17.8 Å². The van der Waals surface area contributed by atoms with E-state index in [1.807, 2.05) is 18.2 Å². The fourth-order valence-corrected chi connectivity index (χ4v) is 6.78. The van der Waals surface area contributed by atoms with Gasteiger partial charge in [0.1, 0.15) is 18.1 Å². The van der Waals surface area contributed by atoms with Gasteiger partial charge in [0.2, 0.25) is 5.91 Å². The molecule has 2 aliphatic rings. The zero-order chi connectivity index (χ0) is 33.6. The lowest BCUT2D eigenvalue weighted by Crippen LogP contribution is -2.43. The third-order valence-electron chi connectivity index (χ3n) is 9.16. The van der Waals surface area contributed by atoms with Crippen molar-refractivity contribution in [2.24, 2.45) is 5.92 Å². The molecule has 0 radical (unpaired) electrons. The van der Waals surface area contributed by atoms with Gasteiger partial charge in [-0.2, -0.15) is 4.68 Å². The molecule has 4 aromatic rings. The first-order valence-corrected chi connectivity index (χ1v) is 16.6. The van der Waals surface area contributed by atoms with E-state index in [9.17, 15) is 14.4 Å². The lowest BCUT2D eigenvalue weighted by Gasteiger charge is -2.36. The predicted octanol–water partition coefficient (Wildman–Crippen LogP) is 6.35. The van der Waals surface area contributed by atoms with E-state index in [1.54, 1.807) is 18.2 Å². The van der Waals surface area contributed by atoms with Gasteiger partial charge in [-0.25, -0.2) is 4.39 Å². The van der Waals surface area contributed by atoms with Gasteiger partial charge in [-0.3, -0.25) is 19.4 Å². The van der Waals surface area contributed by atoms with Crippen LogP contribution in [0.5, 0.6) is 5.75 Å². The van der Waals surface area contributed by atoms with E-state index in [0.29, 0.717) is 35.8 Å². The van der Waals surface area contributed by atoms with Gasteiger partial charge in [0.25, 0.3) is 0 Å². The van der Waals surface area contributed by atoms with Gasteiger partial charge in [0.05, 0.1) is 23.7 Å². The molecule has 1 fully saturated rings. The second-order valence-electron chi connectivity index (χ2n) is 12.3. The Balaban J connectivity index is 1.29. The van der Waals surface area contributed by atoms with Crippen molar-refractivity contribution in [3.8, 4) is 11.4 Å². The first-order chi connectivity index (χ1) is 23.3. The van der Waals surface area contributed by atoms with Crippen LogP contribution in [-0.4, -0.2) is 60.7 Å². The number of carbonyl (C=O) groups is 3. The molecular formula is C36H36ClFN6O4. The summed E-state index contributed by atoms with van der Waals surface area (Å²) in [6.45, 7) is 2.28. The summed E-state index contributed by atoms with van der Waals surface area (Å²) < 4.78 is 22.8. The molecule has 0 saturated heterocycles. The Morgan fingerprint density at radius 1 is 1.08 bits per heavy atom. The Bertz CT molecular complexity index is 1820. The van der Waals surface area contributed by atoms with Crippen molar-refractivity contribution in [2.45, 2.75) is 64.3 Å². The SMILES string of the molecule is CC(=O)c1ccc(CC(=O)[C@H]2c3cccc(OCCC4CCCCC4)c3CCN2C(=O)/C=C/c2c(-n3cnnn3)ccc(Cl)c2F)nc1. The molecule has 2 aromatic heterocycles. The standard InChI is InChI=1S/C36H36ClFN6O4/c1-23(45)25-10-11-26(39-21-25)20-32(46)36-28-8-5-9-33(48-19-17-24-6-3-2-4-7-24)27(28)16-18-43(36)34(47)15-12-29-31(44-22-40-41-42-44)14-13-30(37)35(29)38/h5,8-15,21-22,24,36H,2-4,6-7,16-20H2,1H3/b15-12+/t36-/m1/s1. The summed E-state index contributed by atoms with van der Waals surface area (Å²) in [6, 6.07) is 10.9. The van der Waals surface area contributed by atoms with Crippen LogP contribution < -0.4 is 4.74 Å². The molecule has 2 aromatic carbocycles. The molecule has 248 valence electrons. The summed E-state index contributed by atoms with van der Waals surface area (Å²) in [7, 11) is 0. The van der Waals surface area contributed by atoms with Crippen LogP contribution in [0.15, 0.2) is 61.1 Å². The third kappa shape index (κ3) is 7.36. The minimum Gasteiger partial charge on any atom is -0.493 e. The summed E-state index contributed by atoms with van der Waals surface area (Å²) in [6.07, 6.45) is 13.0. The maximum atomic E-state index is 15.2. The number of hydrogen-bond donors (Lipinski definition) is 0. The maximum absolute atomic E-state index is 15.2. The van der Waals surface area contributed by atoms with Crippen LogP contribution >= 0.6 is 11.6 Å². The number of ketones is 2. The van der Waals surface area contributed by atoms with Crippen molar-refractivity contribution in [3.05, 3.63) is 99.9 Å². The van der Waals surface area contributed by atoms with Gasteiger partial charge < -0.3 is 9.64 Å². The summed E-state index contributed by atoms with van der Waals surface area (Å²) >= 11 is 6.08. The zero-order valence-corrected chi connectivity index (χ0v) is 27.4. The second kappa shape index (κ2) is 15.0. The number of pyridine rings is 1. The molecule has 0 spiro atoms. The topological polar surface area (TPSA) is 120 Å². The minimum absolute atomic E-state index is 0.0202. The lowest BCUT2D eigenvalue weighted by atomic mass is 9.87. The van der Waals surface area contributed by atoms with Crippen LogP contribution in [0.1, 0.15) is 84.2 Å². The number of nitrogens with zero attached hydrogens (tertiary/aromatic N) is 6. The van der Waals surface area contributed by atoms with Gasteiger partial charge in [-0.1, -0.05) is 55.8 Å². The van der Waals surface area contributed by atoms with Gasteiger partial charge in [-0.15, -0.1) is 5.10 Å². The van der Waals surface area contributed by atoms with E-state index in [-0.39, 0.29) is 40.8 Å². The van der Waals surface area contributed by atoms with Crippen molar-refractivity contribution in [1.29, 1.82) is 0 Å². The highest BCUT2D eigenvalue weighted by Gasteiger charge is 2.36. The first kappa shape index (κ1) is 33.1. The number of ether oxygens (including phenoxy) is 1. The van der Waals surface area contributed by atoms with Crippen molar-refractivity contribution < 1.29 is 23.5 Å². The molecule has 1 aliphatic heterocycles. The average molecular weight is 671 g/mol. The number of Topliss-reactive ketones (excluding diaryl/α,β-unsaturated/α-hetero) is 2.